The minimum absolute atomic E-state index is 0.136. The third-order valence-corrected chi connectivity index (χ3v) is 7.45. The van der Waals surface area contributed by atoms with Gasteiger partial charge in [0, 0.05) is 17.3 Å². The zero-order valence-corrected chi connectivity index (χ0v) is 13.0. The SMILES string of the molecule is [2H]C(=O)[C@]12CCCC=C1CC[C@@H]1[C@@H]2CC[C@]2(C)C(=O)CC[C@@H]12. The number of allylic oxidation sites excluding steroid dienone is 2. The van der Waals surface area contributed by atoms with E-state index in [2.05, 4.69) is 13.0 Å². The molecule has 4 aliphatic carbocycles. The van der Waals surface area contributed by atoms with Gasteiger partial charge in [0.25, 0.3) is 0 Å². The maximum Gasteiger partial charge on any atom is 0.139 e. The monoisotopic (exact) mass is 287 g/mol. The normalized spacial score (nSPS) is 49.6. The molecule has 0 aromatic heterocycles. The van der Waals surface area contributed by atoms with Crippen LogP contribution < -0.4 is 0 Å². The van der Waals surface area contributed by atoms with E-state index in [9.17, 15) is 9.59 Å². The number of ketones is 1. The lowest BCUT2D eigenvalue weighted by Gasteiger charge is -2.56. The second-order valence-electron chi connectivity index (χ2n) is 8.03. The number of carbonyl (C=O) groups excluding carboxylic acids is 2. The molecule has 3 saturated carbocycles. The van der Waals surface area contributed by atoms with Crippen LogP contribution in [0.3, 0.4) is 0 Å². The van der Waals surface area contributed by atoms with Crippen LogP contribution >= 0.6 is 0 Å². The van der Waals surface area contributed by atoms with Crippen LogP contribution in [0.2, 0.25) is 0 Å². The highest BCUT2D eigenvalue weighted by Gasteiger charge is 2.59. The van der Waals surface area contributed by atoms with Gasteiger partial charge < -0.3 is 4.79 Å². The van der Waals surface area contributed by atoms with Gasteiger partial charge in [0.1, 0.15) is 13.4 Å². The van der Waals surface area contributed by atoms with Crippen LogP contribution in [0, 0.1) is 28.6 Å². The van der Waals surface area contributed by atoms with E-state index in [4.69, 9.17) is 1.37 Å². The molecular formula is C19H26O2. The van der Waals surface area contributed by atoms with Crippen molar-refractivity contribution in [2.45, 2.75) is 64.7 Å². The number of hydrogen-bond acceptors (Lipinski definition) is 2. The Kier molecular flexibility index (Phi) is 2.72. The highest BCUT2D eigenvalue weighted by molar-refractivity contribution is 5.87. The van der Waals surface area contributed by atoms with Crippen molar-refractivity contribution in [1.29, 1.82) is 0 Å². The molecule has 0 aliphatic heterocycles. The predicted molar refractivity (Wildman–Crippen MR) is 81.7 cm³/mol. The third kappa shape index (κ3) is 1.65. The van der Waals surface area contributed by atoms with E-state index in [1.54, 1.807) is 0 Å². The van der Waals surface area contributed by atoms with Gasteiger partial charge in [-0.3, -0.25) is 4.79 Å². The predicted octanol–water partition coefficient (Wildman–Crippen LogP) is 4.09. The Hall–Kier alpha value is -0.920. The summed E-state index contributed by atoms with van der Waals surface area (Å²) in [7, 11) is 0. The first-order chi connectivity index (χ1) is 10.5. The van der Waals surface area contributed by atoms with Crippen molar-refractivity contribution < 1.29 is 11.0 Å². The lowest BCUT2D eigenvalue weighted by atomic mass is 9.47. The smallest absolute Gasteiger partial charge is 0.139 e. The zero-order valence-electron chi connectivity index (χ0n) is 14.0. The van der Waals surface area contributed by atoms with Crippen LogP contribution in [0.25, 0.3) is 0 Å². The van der Waals surface area contributed by atoms with Gasteiger partial charge in [-0.05, 0) is 69.1 Å². The van der Waals surface area contributed by atoms with Gasteiger partial charge in [-0.25, -0.2) is 0 Å². The van der Waals surface area contributed by atoms with E-state index in [0.717, 1.165) is 57.8 Å². The van der Waals surface area contributed by atoms with Gasteiger partial charge in [-0.1, -0.05) is 18.6 Å². The second-order valence-corrected chi connectivity index (χ2v) is 8.03. The molecule has 114 valence electrons. The molecule has 0 spiro atoms. The number of rotatable bonds is 1. The Morgan fingerprint density at radius 3 is 2.90 bits per heavy atom. The van der Waals surface area contributed by atoms with E-state index in [1.165, 1.54) is 5.57 Å². The van der Waals surface area contributed by atoms with E-state index >= 15 is 0 Å². The Morgan fingerprint density at radius 1 is 1.24 bits per heavy atom. The topological polar surface area (TPSA) is 34.1 Å². The van der Waals surface area contributed by atoms with E-state index in [-0.39, 0.29) is 11.7 Å². The molecule has 0 heterocycles. The van der Waals surface area contributed by atoms with Crippen molar-refractivity contribution in [1.82, 2.24) is 0 Å². The molecule has 0 radical (unpaired) electrons. The largest absolute Gasteiger partial charge is 0.302 e. The summed E-state index contributed by atoms with van der Waals surface area (Å²) in [4.78, 5) is 24.8. The molecule has 0 aromatic rings. The van der Waals surface area contributed by atoms with Gasteiger partial charge in [0.2, 0.25) is 0 Å². The number of hydrogen-bond donors (Lipinski definition) is 0. The van der Waals surface area contributed by atoms with Gasteiger partial charge in [0.05, 0.1) is 0 Å². The summed E-state index contributed by atoms with van der Waals surface area (Å²) in [6.07, 6.45) is 10.6. The average Bonchev–Trinajstić information content (AvgIpc) is 2.82. The van der Waals surface area contributed by atoms with Crippen LogP contribution in [0.1, 0.15) is 66.1 Å². The van der Waals surface area contributed by atoms with Gasteiger partial charge in [-0.15, -0.1) is 0 Å². The van der Waals surface area contributed by atoms with E-state index in [0.29, 0.717) is 23.5 Å². The fraction of sp³-hybridized carbons (Fsp3) is 0.789. The second kappa shape index (κ2) is 4.54. The fourth-order valence-electron chi connectivity index (χ4n) is 6.34. The van der Waals surface area contributed by atoms with Crippen molar-refractivity contribution in [2.75, 3.05) is 0 Å². The summed E-state index contributed by atoms with van der Waals surface area (Å²) in [6.45, 7) is 2.17. The van der Waals surface area contributed by atoms with Gasteiger partial charge in [-0.2, -0.15) is 0 Å². The lowest BCUT2D eigenvalue weighted by Crippen LogP contribution is -2.51. The highest BCUT2D eigenvalue weighted by Crippen LogP contribution is 2.64. The maximum absolute atomic E-state index is 12.4. The Morgan fingerprint density at radius 2 is 2.10 bits per heavy atom. The molecule has 0 bridgehead atoms. The van der Waals surface area contributed by atoms with Crippen LogP contribution in [-0.2, 0) is 9.59 Å². The number of aldehydes is 1. The lowest BCUT2D eigenvalue weighted by molar-refractivity contribution is -0.135. The van der Waals surface area contributed by atoms with Crippen LogP contribution in [0.4, 0.5) is 0 Å². The minimum Gasteiger partial charge on any atom is -0.302 e. The molecule has 21 heavy (non-hydrogen) atoms. The maximum atomic E-state index is 12.4. The summed E-state index contributed by atoms with van der Waals surface area (Å²) in [5, 5.41) is 0. The summed E-state index contributed by atoms with van der Waals surface area (Å²) in [5.74, 6) is 1.71. The minimum atomic E-state index is -0.492. The van der Waals surface area contributed by atoms with Crippen LogP contribution in [-0.4, -0.2) is 12.0 Å². The molecule has 0 N–H and O–H groups in total. The number of fused-ring (bicyclic) bond motifs is 5. The molecule has 0 amide bonds. The summed E-state index contributed by atoms with van der Waals surface area (Å²) < 4.78 is 8.04. The molecule has 0 aromatic carbocycles. The number of Topliss-reactive ketones (excluding diaryl/α,β-unsaturated/α-hetero) is 1. The average molecular weight is 287 g/mol. The molecule has 2 nitrogen and oxygen atoms in total. The summed E-state index contributed by atoms with van der Waals surface area (Å²) >= 11 is 0. The molecule has 4 aliphatic rings. The fourth-order valence-corrected chi connectivity index (χ4v) is 6.34. The molecule has 0 unspecified atom stereocenters. The highest BCUT2D eigenvalue weighted by atomic mass is 16.1. The van der Waals surface area contributed by atoms with E-state index in [1.807, 2.05) is 0 Å². The first-order valence-electron chi connectivity index (χ1n) is 9.24. The Labute approximate surface area is 128 Å². The van der Waals surface area contributed by atoms with Crippen LogP contribution in [0.15, 0.2) is 11.6 Å². The Bertz CT molecular complexity index is 566. The van der Waals surface area contributed by atoms with Crippen molar-refractivity contribution in [3.63, 3.8) is 0 Å². The summed E-state index contributed by atoms with van der Waals surface area (Å²) in [6, 6.07) is 0. The van der Waals surface area contributed by atoms with Gasteiger partial charge in [0.15, 0.2) is 0 Å². The van der Waals surface area contributed by atoms with Crippen LogP contribution in [0.5, 0.6) is 0 Å². The van der Waals surface area contributed by atoms with Gasteiger partial charge >= 0.3 is 0 Å². The molecular weight excluding hydrogens is 260 g/mol. The summed E-state index contributed by atoms with van der Waals surface area (Å²) in [5.41, 5.74) is 0.644. The zero-order chi connectivity index (χ0) is 15.5. The quantitative estimate of drug-likeness (QED) is 0.538. The first kappa shape index (κ1) is 12.6. The standard InChI is InChI=1S/C19H26O2/c1-18-11-9-16-14(15(18)7-8-17(18)21)6-5-13-4-2-3-10-19(13,16)12-20/h4,12,14-16H,2-3,5-11H2,1H3/t14-,15-,16-,18-,19+/m0/s1/i12D. The van der Waals surface area contributed by atoms with Crippen molar-refractivity contribution in [3.05, 3.63) is 11.6 Å². The van der Waals surface area contributed by atoms with Crippen molar-refractivity contribution in [3.8, 4) is 0 Å². The molecule has 5 atom stereocenters. The molecule has 2 heteroatoms. The van der Waals surface area contributed by atoms with Crippen molar-refractivity contribution in [2.24, 2.45) is 28.6 Å². The molecule has 4 rings (SSSR count). The number of carbonyl (C=O) groups is 2. The van der Waals surface area contributed by atoms with E-state index < -0.39 is 5.41 Å². The Balaban J connectivity index is 1.76. The molecule has 0 saturated heterocycles. The van der Waals surface area contributed by atoms with Crippen molar-refractivity contribution >= 4 is 12.0 Å². The molecule has 3 fully saturated rings. The third-order valence-electron chi connectivity index (χ3n) is 7.45. The first-order valence-corrected chi connectivity index (χ1v) is 8.74.